The first-order valence-corrected chi connectivity index (χ1v) is 10.1. The third-order valence-electron chi connectivity index (χ3n) is 6.92. The second kappa shape index (κ2) is 6.83. The summed E-state index contributed by atoms with van der Waals surface area (Å²) in [6.45, 7) is 5.15. The maximum atomic E-state index is 12.5. The van der Waals surface area contributed by atoms with Gasteiger partial charge in [-0.3, -0.25) is 0 Å². The summed E-state index contributed by atoms with van der Waals surface area (Å²) in [4.78, 5) is 15.1. The molecule has 5 nitrogen and oxygen atoms in total. The average molecular weight is 335 g/mol. The van der Waals surface area contributed by atoms with Gasteiger partial charge in [-0.15, -0.1) is 0 Å². The molecule has 5 heteroatoms. The van der Waals surface area contributed by atoms with Gasteiger partial charge in [0.25, 0.3) is 0 Å². The molecule has 1 saturated heterocycles. The highest BCUT2D eigenvalue weighted by atomic mass is 16.5. The molecule has 4 rings (SSSR count). The van der Waals surface area contributed by atoms with Gasteiger partial charge in [0.05, 0.1) is 6.10 Å². The Hall–Kier alpha value is -0.810. The fourth-order valence-corrected chi connectivity index (χ4v) is 5.32. The van der Waals surface area contributed by atoms with E-state index in [4.69, 9.17) is 4.74 Å². The zero-order valence-corrected chi connectivity index (χ0v) is 15.1. The quantitative estimate of drug-likeness (QED) is 0.812. The molecule has 0 aromatic heterocycles. The molecule has 3 aliphatic carbocycles. The summed E-state index contributed by atoms with van der Waals surface area (Å²) in [6.07, 6.45) is 11.3. The van der Waals surface area contributed by atoms with Crippen LogP contribution in [-0.4, -0.2) is 54.9 Å². The summed E-state index contributed by atoms with van der Waals surface area (Å²) in [5.74, 6) is 0. The van der Waals surface area contributed by atoms with Crippen molar-refractivity contribution in [3.05, 3.63) is 0 Å². The Morgan fingerprint density at radius 2 is 1.83 bits per heavy atom. The molecule has 4 fully saturated rings. The van der Waals surface area contributed by atoms with Gasteiger partial charge in [-0.05, 0) is 51.9 Å². The standard InChI is InChI=1S/C19H33N3O2/c1-2-24-17-13-16(19(17)9-3-4-10-19)21-18(23)20-14-7-11-22(12-8-14)15-5-6-15/h14-17H,2-13H2,1H3,(H2,20,21,23). The number of carbonyl (C=O) groups is 1. The van der Waals surface area contributed by atoms with Crippen molar-refractivity contribution in [2.75, 3.05) is 19.7 Å². The van der Waals surface area contributed by atoms with Crippen LogP contribution in [0.2, 0.25) is 0 Å². The van der Waals surface area contributed by atoms with E-state index in [0.29, 0.717) is 18.2 Å². The highest BCUT2D eigenvalue weighted by Crippen LogP contribution is 2.54. The van der Waals surface area contributed by atoms with E-state index in [9.17, 15) is 4.79 Å². The number of amides is 2. The average Bonchev–Trinajstić information content (AvgIpc) is 3.29. The van der Waals surface area contributed by atoms with E-state index in [-0.39, 0.29) is 11.4 Å². The Morgan fingerprint density at radius 3 is 2.46 bits per heavy atom. The number of carbonyl (C=O) groups excluding carboxylic acids is 1. The summed E-state index contributed by atoms with van der Waals surface area (Å²) in [5.41, 5.74) is 0.225. The van der Waals surface area contributed by atoms with Crippen molar-refractivity contribution < 1.29 is 9.53 Å². The molecular formula is C19H33N3O2. The Labute approximate surface area is 145 Å². The zero-order chi connectivity index (χ0) is 16.6. The van der Waals surface area contributed by atoms with Crippen molar-refractivity contribution in [2.45, 2.75) is 88.9 Å². The van der Waals surface area contributed by atoms with Gasteiger partial charge in [0.2, 0.25) is 0 Å². The van der Waals surface area contributed by atoms with Crippen molar-refractivity contribution >= 4 is 6.03 Å². The minimum atomic E-state index is 0.0473. The van der Waals surface area contributed by atoms with Crippen molar-refractivity contribution in [3.8, 4) is 0 Å². The zero-order valence-electron chi connectivity index (χ0n) is 15.1. The number of urea groups is 1. The predicted molar refractivity (Wildman–Crippen MR) is 94.0 cm³/mol. The molecule has 2 atom stereocenters. The lowest BCUT2D eigenvalue weighted by molar-refractivity contribution is -0.126. The van der Waals surface area contributed by atoms with E-state index in [1.54, 1.807) is 0 Å². The number of hydrogen-bond donors (Lipinski definition) is 2. The van der Waals surface area contributed by atoms with E-state index >= 15 is 0 Å². The van der Waals surface area contributed by atoms with Gasteiger partial charge in [0.1, 0.15) is 0 Å². The number of piperidine rings is 1. The first-order valence-electron chi connectivity index (χ1n) is 10.1. The molecule has 24 heavy (non-hydrogen) atoms. The van der Waals surface area contributed by atoms with Gasteiger partial charge >= 0.3 is 6.03 Å². The number of rotatable bonds is 5. The van der Waals surface area contributed by atoms with Crippen LogP contribution in [0.4, 0.5) is 4.79 Å². The van der Waals surface area contributed by atoms with E-state index in [0.717, 1.165) is 45.0 Å². The minimum absolute atomic E-state index is 0.0473. The number of nitrogens with zero attached hydrogens (tertiary/aromatic N) is 1. The molecule has 0 bridgehead atoms. The molecule has 0 aromatic carbocycles. The fourth-order valence-electron chi connectivity index (χ4n) is 5.32. The van der Waals surface area contributed by atoms with Gasteiger partial charge in [-0.2, -0.15) is 0 Å². The van der Waals surface area contributed by atoms with E-state index in [2.05, 4.69) is 22.5 Å². The number of hydrogen-bond acceptors (Lipinski definition) is 3. The van der Waals surface area contributed by atoms with Crippen LogP contribution in [0, 0.1) is 5.41 Å². The monoisotopic (exact) mass is 335 g/mol. The summed E-state index contributed by atoms with van der Waals surface area (Å²) >= 11 is 0. The summed E-state index contributed by atoms with van der Waals surface area (Å²) in [5, 5.41) is 6.52. The summed E-state index contributed by atoms with van der Waals surface area (Å²) in [7, 11) is 0. The lowest BCUT2D eigenvalue weighted by Crippen LogP contribution is -2.65. The minimum Gasteiger partial charge on any atom is -0.378 e. The van der Waals surface area contributed by atoms with Crippen LogP contribution in [0.15, 0.2) is 0 Å². The van der Waals surface area contributed by atoms with Crippen LogP contribution >= 0.6 is 0 Å². The van der Waals surface area contributed by atoms with Crippen molar-refractivity contribution in [3.63, 3.8) is 0 Å². The molecule has 136 valence electrons. The number of nitrogens with one attached hydrogen (secondary N) is 2. The highest BCUT2D eigenvalue weighted by Gasteiger charge is 2.57. The van der Waals surface area contributed by atoms with Crippen LogP contribution in [0.3, 0.4) is 0 Å². The lowest BCUT2D eigenvalue weighted by atomic mass is 9.60. The molecule has 2 N–H and O–H groups in total. The topological polar surface area (TPSA) is 53.6 Å². The predicted octanol–water partition coefficient (Wildman–Crippen LogP) is 2.65. The molecule has 3 saturated carbocycles. The number of likely N-dealkylation sites (tertiary alicyclic amines) is 1. The van der Waals surface area contributed by atoms with Gasteiger partial charge in [0.15, 0.2) is 0 Å². The Kier molecular flexibility index (Phi) is 4.74. The fraction of sp³-hybridized carbons (Fsp3) is 0.947. The van der Waals surface area contributed by atoms with E-state index in [1.165, 1.54) is 38.5 Å². The first kappa shape index (κ1) is 16.6. The van der Waals surface area contributed by atoms with Gasteiger partial charge in [0, 0.05) is 43.2 Å². The van der Waals surface area contributed by atoms with Crippen molar-refractivity contribution in [2.24, 2.45) is 5.41 Å². The molecule has 2 unspecified atom stereocenters. The van der Waals surface area contributed by atoms with Gasteiger partial charge in [-0.1, -0.05) is 12.8 Å². The molecule has 1 aliphatic heterocycles. The molecular weight excluding hydrogens is 302 g/mol. The molecule has 4 aliphatic rings. The Bertz CT molecular complexity index is 452. The molecule has 0 aromatic rings. The maximum absolute atomic E-state index is 12.5. The van der Waals surface area contributed by atoms with Crippen LogP contribution < -0.4 is 10.6 Å². The maximum Gasteiger partial charge on any atom is 0.315 e. The summed E-state index contributed by atoms with van der Waals surface area (Å²) in [6, 6.07) is 1.56. The van der Waals surface area contributed by atoms with Crippen LogP contribution in [0.5, 0.6) is 0 Å². The molecule has 1 spiro atoms. The third-order valence-corrected chi connectivity index (χ3v) is 6.92. The SMILES string of the molecule is CCOC1CC(NC(=O)NC2CCN(C3CC3)CC2)C12CCCC2. The van der Waals surface area contributed by atoms with Crippen molar-refractivity contribution in [1.29, 1.82) is 0 Å². The smallest absolute Gasteiger partial charge is 0.315 e. The molecule has 2 amide bonds. The normalized spacial score (nSPS) is 33.4. The van der Waals surface area contributed by atoms with E-state index in [1.807, 2.05) is 0 Å². The lowest BCUT2D eigenvalue weighted by Gasteiger charge is -2.54. The Morgan fingerprint density at radius 1 is 1.12 bits per heavy atom. The summed E-state index contributed by atoms with van der Waals surface area (Å²) < 4.78 is 5.94. The Balaban J connectivity index is 1.24. The van der Waals surface area contributed by atoms with Gasteiger partial charge < -0.3 is 20.3 Å². The van der Waals surface area contributed by atoms with Crippen molar-refractivity contribution in [1.82, 2.24) is 15.5 Å². The molecule has 1 heterocycles. The number of ether oxygens (including phenoxy) is 1. The first-order chi connectivity index (χ1) is 11.7. The van der Waals surface area contributed by atoms with Crippen LogP contribution in [-0.2, 0) is 4.74 Å². The largest absolute Gasteiger partial charge is 0.378 e. The van der Waals surface area contributed by atoms with Crippen LogP contribution in [0.25, 0.3) is 0 Å². The second-order valence-corrected chi connectivity index (χ2v) is 8.33. The van der Waals surface area contributed by atoms with E-state index < -0.39 is 0 Å². The van der Waals surface area contributed by atoms with Crippen LogP contribution in [0.1, 0.15) is 64.7 Å². The second-order valence-electron chi connectivity index (χ2n) is 8.33. The van der Waals surface area contributed by atoms with Gasteiger partial charge in [-0.25, -0.2) is 4.79 Å². The third kappa shape index (κ3) is 3.17. The molecule has 0 radical (unpaired) electrons. The highest BCUT2D eigenvalue weighted by molar-refractivity contribution is 5.75.